The van der Waals surface area contributed by atoms with Crippen LogP contribution in [0.5, 0.6) is 5.75 Å². The van der Waals surface area contributed by atoms with Gasteiger partial charge in [-0.1, -0.05) is 42.5 Å². The summed E-state index contributed by atoms with van der Waals surface area (Å²) in [5.74, 6) is -0.223. The molecule has 0 saturated carbocycles. The first-order valence-corrected chi connectivity index (χ1v) is 9.74. The number of ether oxygens (including phenoxy) is 1. The van der Waals surface area contributed by atoms with Crippen LogP contribution >= 0.6 is 0 Å². The molecule has 4 nitrogen and oxygen atoms in total. The molecule has 4 rings (SSSR count). The Morgan fingerprint density at radius 3 is 2.44 bits per heavy atom. The standard InChI is InChI=1S/C24H19F4N3O/c1-32-22-12-16(10-11-20(22)24(26,27)28)14-29-23-30-21(17-6-3-2-4-7-17)15-31(23)19-9-5-8-18(25)13-19/h2-13,15H,14H2,1H3,(H,29,30). The van der Waals surface area contributed by atoms with E-state index in [2.05, 4.69) is 10.3 Å². The lowest BCUT2D eigenvalue weighted by Gasteiger charge is -2.14. The second-order valence-electron chi connectivity index (χ2n) is 7.05. The van der Waals surface area contributed by atoms with E-state index in [9.17, 15) is 17.6 Å². The molecule has 0 spiro atoms. The summed E-state index contributed by atoms with van der Waals surface area (Å²) in [5.41, 5.74) is 1.85. The van der Waals surface area contributed by atoms with Crippen molar-refractivity contribution in [3.63, 3.8) is 0 Å². The van der Waals surface area contributed by atoms with Crippen LogP contribution in [0.15, 0.2) is 79.0 Å². The van der Waals surface area contributed by atoms with Gasteiger partial charge in [0.2, 0.25) is 5.95 Å². The van der Waals surface area contributed by atoms with E-state index < -0.39 is 17.6 Å². The molecule has 8 heteroatoms. The van der Waals surface area contributed by atoms with Crippen LogP contribution in [0.4, 0.5) is 23.5 Å². The molecule has 0 atom stereocenters. The summed E-state index contributed by atoms with van der Waals surface area (Å²) < 4.78 is 59.8. The fraction of sp³-hybridized carbons (Fsp3) is 0.125. The van der Waals surface area contributed by atoms with Crippen LogP contribution in [0.25, 0.3) is 16.9 Å². The van der Waals surface area contributed by atoms with Crippen molar-refractivity contribution in [2.75, 3.05) is 12.4 Å². The summed E-state index contributed by atoms with van der Waals surface area (Å²) in [6.07, 6.45) is -2.73. The number of imidazole rings is 1. The first kappa shape index (κ1) is 21.4. The van der Waals surface area contributed by atoms with Gasteiger partial charge in [0.25, 0.3) is 0 Å². The molecule has 32 heavy (non-hydrogen) atoms. The molecule has 0 unspecified atom stereocenters. The zero-order valence-electron chi connectivity index (χ0n) is 17.0. The van der Waals surface area contributed by atoms with Gasteiger partial charge in [-0.25, -0.2) is 9.37 Å². The molecule has 0 amide bonds. The quantitative estimate of drug-likeness (QED) is 0.356. The molecule has 4 aromatic rings. The number of alkyl halides is 3. The lowest BCUT2D eigenvalue weighted by molar-refractivity contribution is -0.138. The summed E-state index contributed by atoms with van der Waals surface area (Å²) in [4.78, 5) is 4.62. The second-order valence-corrected chi connectivity index (χ2v) is 7.05. The van der Waals surface area contributed by atoms with E-state index >= 15 is 0 Å². The Labute approximate surface area is 182 Å². The summed E-state index contributed by atoms with van der Waals surface area (Å²) >= 11 is 0. The number of benzene rings is 3. The highest BCUT2D eigenvalue weighted by Gasteiger charge is 2.34. The summed E-state index contributed by atoms with van der Waals surface area (Å²) in [7, 11) is 1.20. The lowest BCUT2D eigenvalue weighted by Crippen LogP contribution is -2.10. The van der Waals surface area contributed by atoms with E-state index in [1.807, 2.05) is 30.3 Å². The maximum absolute atomic E-state index is 13.8. The summed E-state index contributed by atoms with van der Waals surface area (Å²) in [5, 5.41) is 3.14. The van der Waals surface area contributed by atoms with Gasteiger partial charge in [-0.3, -0.25) is 4.57 Å². The van der Waals surface area contributed by atoms with Crippen molar-refractivity contribution < 1.29 is 22.3 Å². The van der Waals surface area contributed by atoms with E-state index in [1.165, 1.54) is 31.4 Å². The average molecular weight is 441 g/mol. The highest BCUT2D eigenvalue weighted by Crippen LogP contribution is 2.36. The van der Waals surface area contributed by atoms with Gasteiger partial charge in [-0.05, 0) is 35.9 Å². The van der Waals surface area contributed by atoms with Gasteiger partial charge in [0.05, 0.1) is 24.1 Å². The maximum Gasteiger partial charge on any atom is 0.419 e. The minimum absolute atomic E-state index is 0.190. The first-order valence-electron chi connectivity index (χ1n) is 9.74. The van der Waals surface area contributed by atoms with Crippen molar-refractivity contribution >= 4 is 5.95 Å². The summed E-state index contributed by atoms with van der Waals surface area (Å²) in [6.45, 7) is 0.190. The van der Waals surface area contributed by atoms with Gasteiger partial charge in [-0.15, -0.1) is 0 Å². The van der Waals surface area contributed by atoms with E-state index in [4.69, 9.17) is 4.74 Å². The molecule has 3 aromatic carbocycles. The van der Waals surface area contributed by atoms with E-state index in [0.717, 1.165) is 11.6 Å². The predicted octanol–water partition coefficient (Wildman–Crippen LogP) is 6.32. The normalized spacial score (nSPS) is 11.4. The minimum Gasteiger partial charge on any atom is -0.496 e. The van der Waals surface area contributed by atoms with Gasteiger partial charge in [-0.2, -0.15) is 13.2 Å². The molecule has 164 valence electrons. The number of halogens is 4. The average Bonchev–Trinajstić information content (AvgIpc) is 3.22. The van der Waals surface area contributed by atoms with Crippen molar-refractivity contribution in [2.45, 2.75) is 12.7 Å². The Kier molecular flexibility index (Phi) is 5.85. The molecule has 1 heterocycles. The highest BCUT2D eigenvalue weighted by molar-refractivity contribution is 5.62. The smallest absolute Gasteiger partial charge is 0.419 e. The molecule has 0 fully saturated rings. The fourth-order valence-corrected chi connectivity index (χ4v) is 3.34. The van der Waals surface area contributed by atoms with Gasteiger partial charge in [0.15, 0.2) is 0 Å². The number of anilines is 1. The van der Waals surface area contributed by atoms with Crippen LogP contribution in [0.2, 0.25) is 0 Å². The lowest BCUT2D eigenvalue weighted by atomic mass is 10.1. The number of rotatable bonds is 6. The number of hydrogen-bond donors (Lipinski definition) is 1. The molecule has 1 N–H and O–H groups in total. The summed E-state index contributed by atoms with van der Waals surface area (Å²) in [6, 6.07) is 19.2. The number of nitrogens with one attached hydrogen (secondary N) is 1. The number of aromatic nitrogens is 2. The van der Waals surface area contributed by atoms with Crippen LogP contribution in [-0.2, 0) is 12.7 Å². The van der Waals surface area contributed by atoms with Gasteiger partial charge >= 0.3 is 6.18 Å². The Hall–Kier alpha value is -3.81. The first-order chi connectivity index (χ1) is 15.3. The van der Waals surface area contributed by atoms with Crippen LogP contribution in [-0.4, -0.2) is 16.7 Å². The number of methoxy groups -OCH3 is 1. The molecule has 0 saturated heterocycles. The molecule has 0 radical (unpaired) electrons. The third kappa shape index (κ3) is 4.59. The van der Waals surface area contributed by atoms with E-state index in [1.54, 1.807) is 22.9 Å². The minimum atomic E-state index is -4.50. The second kappa shape index (κ2) is 8.74. The predicted molar refractivity (Wildman–Crippen MR) is 114 cm³/mol. The fourth-order valence-electron chi connectivity index (χ4n) is 3.34. The molecule has 0 aliphatic carbocycles. The monoisotopic (exact) mass is 441 g/mol. The van der Waals surface area contributed by atoms with Crippen molar-refractivity contribution in [3.05, 3.63) is 95.9 Å². The zero-order chi connectivity index (χ0) is 22.7. The van der Waals surface area contributed by atoms with E-state index in [-0.39, 0.29) is 12.3 Å². The Bertz CT molecular complexity index is 1220. The van der Waals surface area contributed by atoms with Crippen LogP contribution < -0.4 is 10.1 Å². The number of hydrogen-bond acceptors (Lipinski definition) is 3. The van der Waals surface area contributed by atoms with Crippen LogP contribution in [0.3, 0.4) is 0 Å². The van der Waals surface area contributed by atoms with Crippen molar-refractivity contribution in [2.24, 2.45) is 0 Å². The topological polar surface area (TPSA) is 39.1 Å². The van der Waals surface area contributed by atoms with Gasteiger partial charge < -0.3 is 10.1 Å². The zero-order valence-corrected chi connectivity index (χ0v) is 17.0. The van der Waals surface area contributed by atoms with Crippen molar-refractivity contribution in [1.29, 1.82) is 0 Å². The van der Waals surface area contributed by atoms with Crippen molar-refractivity contribution in [1.82, 2.24) is 9.55 Å². The molecular weight excluding hydrogens is 422 g/mol. The molecular formula is C24H19F4N3O. The van der Waals surface area contributed by atoms with Crippen LogP contribution in [0.1, 0.15) is 11.1 Å². The third-order valence-electron chi connectivity index (χ3n) is 4.88. The molecule has 0 bridgehead atoms. The third-order valence-corrected chi connectivity index (χ3v) is 4.88. The largest absolute Gasteiger partial charge is 0.496 e. The highest BCUT2D eigenvalue weighted by atomic mass is 19.4. The van der Waals surface area contributed by atoms with Crippen molar-refractivity contribution in [3.8, 4) is 22.7 Å². The molecule has 1 aromatic heterocycles. The Morgan fingerprint density at radius 2 is 1.75 bits per heavy atom. The Morgan fingerprint density at radius 1 is 0.969 bits per heavy atom. The van der Waals surface area contributed by atoms with Gasteiger partial charge in [0.1, 0.15) is 11.6 Å². The number of nitrogens with zero attached hydrogens (tertiary/aromatic N) is 2. The Balaban J connectivity index is 1.66. The van der Waals surface area contributed by atoms with Crippen LogP contribution in [0, 0.1) is 5.82 Å². The SMILES string of the molecule is COc1cc(CNc2nc(-c3ccccc3)cn2-c2cccc(F)c2)ccc1C(F)(F)F. The molecule has 0 aliphatic rings. The van der Waals surface area contributed by atoms with E-state index in [0.29, 0.717) is 22.9 Å². The van der Waals surface area contributed by atoms with Gasteiger partial charge in [0, 0.05) is 18.3 Å². The molecule has 0 aliphatic heterocycles. The maximum atomic E-state index is 13.8.